The monoisotopic (exact) mass is 211 g/mol. The molecule has 0 bridgehead atoms. The Morgan fingerprint density at radius 1 is 1.29 bits per heavy atom. The summed E-state index contributed by atoms with van der Waals surface area (Å²) in [4.78, 5) is 21.6. The molecule has 84 valence electrons. The van der Waals surface area contributed by atoms with Gasteiger partial charge in [0.2, 0.25) is 5.91 Å². The minimum atomic E-state index is -0.686. The highest BCUT2D eigenvalue weighted by molar-refractivity contribution is 5.91. The summed E-state index contributed by atoms with van der Waals surface area (Å²) >= 11 is 0. The molecule has 4 nitrogen and oxygen atoms in total. The molecule has 0 aliphatic rings. The minimum absolute atomic E-state index is 0.277. The summed E-state index contributed by atoms with van der Waals surface area (Å²) in [5, 5.41) is 2.09. The third-order valence-corrected chi connectivity index (χ3v) is 0.961. The van der Waals surface area contributed by atoms with Gasteiger partial charge in [0.1, 0.15) is 5.60 Å². The molecule has 0 radical (unpaired) electrons. The largest absolute Gasteiger partial charge is 0.444 e. The van der Waals surface area contributed by atoms with E-state index in [0.29, 0.717) is 0 Å². The Kier molecular flexibility index (Phi) is 7.89. The van der Waals surface area contributed by atoms with Crippen molar-refractivity contribution in [2.24, 2.45) is 0 Å². The first-order chi connectivity index (χ1) is 6.35. The zero-order valence-electron chi connectivity index (χ0n) is 8.69. The van der Waals surface area contributed by atoms with Gasteiger partial charge in [0.05, 0.1) is 0 Å². The lowest BCUT2D eigenvalue weighted by molar-refractivity contribution is -0.120. The molecule has 14 heavy (non-hydrogen) atoms. The van der Waals surface area contributed by atoms with Crippen molar-refractivity contribution in [1.29, 1.82) is 0 Å². The molecule has 0 aromatic carbocycles. The van der Waals surface area contributed by atoms with E-state index < -0.39 is 11.7 Å². The standard InChI is InChI=1S/C8H15NO3.F2/c1-5-6(10)9-7(11)12-8(2,3)4;1-2/h5H2,1-4H3,(H,9,10,11);. The van der Waals surface area contributed by atoms with Crippen LogP contribution in [0.1, 0.15) is 34.1 Å². The summed E-state index contributed by atoms with van der Waals surface area (Å²) in [6.07, 6.45) is -0.409. The van der Waals surface area contributed by atoms with Gasteiger partial charge in [-0.1, -0.05) is 6.92 Å². The number of hydrogen-bond donors (Lipinski definition) is 1. The third kappa shape index (κ3) is 10.8. The molecule has 0 rings (SSSR count). The Hall–Kier alpha value is -1.20. The molecule has 0 saturated heterocycles. The molecule has 0 fully saturated rings. The number of imide groups is 1. The van der Waals surface area contributed by atoms with E-state index in [-0.39, 0.29) is 12.3 Å². The van der Waals surface area contributed by atoms with Crippen molar-refractivity contribution in [3.63, 3.8) is 0 Å². The van der Waals surface area contributed by atoms with E-state index in [1.165, 1.54) is 0 Å². The number of amides is 2. The van der Waals surface area contributed by atoms with Gasteiger partial charge in [0, 0.05) is 15.6 Å². The summed E-state index contributed by atoms with van der Waals surface area (Å²) < 4.78 is 20.8. The number of nitrogens with one attached hydrogen (secondary N) is 1. The van der Waals surface area contributed by atoms with Gasteiger partial charge in [-0.15, -0.1) is 0 Å². The second-order valence-electron chi connectivity index (χ2n) is 3.40. The fourth-order valence-corrected chi connectivity index (χ4v) is 0.506. The summed E-state index contributed by atoms with van der Waals surface area (Å²) in [6.45, 7) is 6.88. The number of hydrogen-bond acceptors (Lipinski definition) is 3. The van der Waals surface area contributed by atoms with Crippen LogP contribution in [0.3, 0.4) is 0 Å². The minimum Gasteiger partial charge on any atom is -0.444 e. The van der Waals surface area contributed by atoms with E-state index in [4.69, 9.17) is 13.9 Å². The van der Waals surface area contributed by atoms with Crippen LogP contribution < -0.4 is 5.32 Å². The van der Waals surface area contributed by atoms with Gasteiger partial charge in [-0.2, -0.15) is 0 Å². The maximum absolute atomic E-state index is 10.9. The predicted octanol–water partition coefficient (Wildman–Crippen LogP) is 2.29. The van der Waals surface area contributed by atoms with E-state index >= 15 is 0 Å². The highest BCUT2D eigenvalue weighted by atomic mass is 20.0. The van der Waals surface area contributed by atoms with Crippen LogP contribution in [0, 0.1) is 0 Å². The van der Waals surface area contributed by atoms with E-state index in [2.05, 4.69) is 5.32 Å². The van der Waals surface area contributed by atoms with Crippen LogP contribution in [-0.2, 0) is 9.53 Å². The highest BCUT2D eigenvalue weighted by Crippen LogP contribution is 2.06. The van der Waals surface area contributed by atoms with Crippen molar-refractivity contribution in [2.75, 3.05) is 0 Å². The van der Waals surface area contributed by atoms with Crippen molar-refractivity contribution in [3.8, 4) is 0 Å². The molecule has 0 unspecified atom stereocenters. The van der Waals surface area contributed by atoms with Gasteiger partial charge in [-0.05, 0) is 20.8 Å². The van der Waals surface area contributed by atoms with Gasteiger partial charge in [-0.3, -0.25) is 10.1 Å². The Labute approximate surface area is 81.5 Å². The Balaban J connectivity index is 0. The first-order valence-electron chi connectivity index (χ1n) is 4.02. The molecular weight excluding hydrogens is 196 g/mol. The zero-order chi connectivity index (χ0) is 11.8. The van der Waals surface area contributed by atoms with Crippen LogP contribution in [0.25, 0.3) is 0 Å². The van der Waals surface area contributed by atoms with Gasteiger partial charge in [0.15, 0.2) is 0 Å². The first-order valence-corrected chi connectivity index (χ1v) is 4.02. The van der Waals surface area contributed by atoms with E-state index in [1.54, 1.807) is 27.7 Å². The van der Waals surface area contributed by atoms with Crippen molar-refractivity contribution < 1.29 is 23.5 Å². The van der Waals surface area contributed by atoms with Gasteiger partial charge in [0.25, 0.3) is 0 Å². The molecule has 0 aliphatic carbocycles. The second kappa shape index (κ2) is 7.23. The maximum atomic E-state index is 10.9. The summed E-state index contributed by atoms with van der Waals surface area (Å²) in [5.74, 6) is -0.329. The second-order valence-corrected chi connectivity index (χ2v) is 3.40. The van der Waals surface area contributed by atoms with Crippen LogP contribution in [0.15, 0.2) is 0 Å². The number of carbonyl (C=O) groups is 2. The summed E-state index contributed by atoms with van der Waals surface area (Å²) in [6, 6.07) is 0. The quantitative estimate of drug-likeness (QED) is 0.723. The molecule has 2 amide bonds. The molecule has 0 heterocycles. The molecule has 0 aromatic heterocycles. The number of ether oxygens (including phenoxy) is 1. The van der Waals surface area contributed by atoms with Crippen molar-refractivity contribution in [3.05, 3.63) is 0 Å². The van der Waals surface area contributed by atoms with Gasteiger partial charge < -0.3 is 4.74 Å². The molecule has 0 aromatic rings. The van der Waals surface area contributed by atoms with Crippen LogP contribution in [0.2, 0.25) is 0 Å². The Morgan fingerprint density at radius 3 is 2.00 bits per heavy atom. The van der Waals surface area contributed by atoms with E-state index in [0.717, 1.165) is 0 Å². The summed E-state index contributed by atoms with van der Waals surface area (Å²) in [5.41, 5.74) is -0.557. The van der Waals surface area contributed by atoms with Crippen LogP contribution >= 0.6 is 0 Å². The molecule has 0 aliphatic heterocycles. The topological polar surface area (TPSA) is 55.4 Å². The van der Waals surface area contributed by atoms with Crippen molar-refractivity contribution >= 4 is 12.0 Å². The zero-order valence-corrected chi connectivity index (χ0v) is 8.69. The van der Waals surface area contributed by atoms with Crippen molar-refractivity contribution in [1.82, 2.24) is 5.32 Å². The van der Waals surface area contributed by atoms with Gasteiger partial charge >= 0.3 is 6.09 Å². The lowest BCUT2D eigenvalue weighted by Crippen LogP contribution is -2.35. The molecular formula is C8H15F2NO3. The fraction of sp³-hybridized carbons (Fsp3) is 0.750. The van der Waals surface area contributed by atoms with Crippen molar-refractivity contribution in [2.45, 2.75) is 39.7 Å². The van der Waals surface area contributed by atoms with E-state index in [1.807, 2.05) is 0 Å². The van der Waals surface area contributed by atoms with Crippen LogP contribution in [-0.4, -0.2) is 17.6 Å². The van der Waals surface area contributed by atoms with E-state index in [9.17, 15) is 9.59 Å². The smallest absolute Gasteiger partial charge is 0.414 e. The third-order valence-electron chi connectivity index (χ3n) is 0.961. The molecule has 0 spiro atoms. The maximum Gasteiger partial charge on any atom is 0.414 e. The number of halogens is 2. The molecule has 0 saturated carbocycles. The fourth-order valence-electron chi connectivity index (χ4n) is 0.506. The molecule has 0 atom stereocenters. The lowest BCUT2D eigenvalue weighted by atomic mass is 10.2. The molecule has 1 N–H and O–H groups in total. The first kappa shape index (κ1) is 15.3. The van der Waals surface area contributed by atoms with Crippen LogP contribution in [0.5, 0.6) is 0 Å². The summed E-state index contributed by atoms with van der Waals surface area (Å²) in [7, 11) is 0. The predicted molar refractivity (Wildman–Crippen MR) is 46.9 cm³/mol. The average molecular weight is 211 g/mol. The Morgan fingerprint density at radius 2 is 1.71 bits per heavy atom. The SMILES string of the molecule is CCC(=O)NC(=O)OC(C)(C)C.FF. The normalized spacial score (nSPS) is 9.57. The number of rotatable bonds is 1. The number of carbonyl (C=O) groups excluding carboxylic acids is 2. The highest BCUT2D eigenvalue weighted by Gasteiger charge is 2.17. The Bertz CT molecular complexity index is 190. The molecule has 6 heteroatoms. The number of alkyl carbamates (subject to hydrolysis) is 1. The lowest BCUT2D eigenvalue weighted by Gasteiger charge is -2.18. The average Bonchev–Trinajstić information content (AvgIpc) is 2.04. The van der Waals surface area contributed by atoms with Gasteiger partial charge in [-0.25, -0.2) is 4.79 Å². The van der Waals surface area contributed by atoms with Crippen LogP contribution in [0.4, 0.5) is 13.9 Å².